The van der Waals surface area contributed by atoms with E-state index in [4.69, 9.17) is 5.26 Å². The Morgan fingerprint density at radius 1 is 0.968 bits per heavy atom. The summed E-state index contributed by atoms with van der Waals surface area (Å²) < 4.78 is 28.0. The van der Waals surface area contributed by atoms with Gasteiger partial charge in [0.1, 0.15) is 0 Å². The zero-order valence-electron chi connectivity index (χ0n) is 16.5. The molecule has 0 atom stereocenters. The first-order valence-electron chi connectivity index (χ1n) is 9.38. The Morgan fingerprint density at radius 3 is 2.39 bits per heavy atom. The highest BCUT2D eigenvalue weighted by molar-refractivity contribution is 7.92. The van der Waals surface area contributed by atoms with Crippen LogP contribution in [0.1, 0.15) is 37.4 Å². The highest BCUT2D eigenvalue weighted by atomic mass is 32.2. The Balaban J connectivity index is 1.66. The standard InChI is InChI=1S/C23H17N3O4S/c1-15-8-10-18(11-9-15)31(29,30)25-20-7-3-6-19-21(20)23(28)26(22(19)27)14-17-5-2-4-16(12-17)13-24/h2-12,25H,14H2,1H3. The number of carbonyl (C=O) groups is 2. The normalized spacial score (nSPS) is 13.1. The molecule has 0 aromatic heterocycles. The summed E-state index contributed by atoms with van der Waals surface area (Å²) in [6.45, 7) is 1.82. The van der Waals surface area contributed by atoms with E-state index in [1.165, 1.54) is 30.3 Å². The van der Waals surface area contributed by atoms with Gasteiger partial charge >= 0.3 is 0 Å². The van der Waals surface area contributed by atoms with Crippen LogP contribution in [0.4, 0.5) is 5.69 Å². The molecule has 0 radical (unpaired) electrons. The average Bonchev–Trinajstić information content (AvgIpc) is 2.99. The summed E-state index contributed by atoms with van der Waals surface area (Å²) >= 11 is 0. The fraction of sp³-hybridized carbons (Fsp3) is 0.0870. The zero-order valence-corrected chi connectivity index (χ0v) is 17.3. The van der Waals surface area contributed by atoms with Crippen LogP contribution >= 0.6 is 0 Å². The van der Waals surface area contributed by atoms with E-state index in [9.17, 15) is 18.0 Å². The number of carbonyl (C=O) groups excluding carboxylic acids is 2. The number of nitrogens with one attached hydrogen (secondary N) is 1. The summed E-state index contributed by atoms with van der Waals surface area (Å²) in [5.41, 5.74) is 2.14. The van der Waals surface area contributed by atoms with E-state index in [-0.39, 0.29) is 28.3 Å². The summed E-state index contributed by atoms with van der Waals surface area (Å²) in [6, 6.07) is 19.4. The topological polar surface area (TPSA) is 107 Å². The minimum absolute atomic E-state index is 0.0135. The number of amides is 2. The minimum atomic E-state index is -3.95. The minimum Gasteiger partial charge on any atom is -0.279 e. The molecule has 0 saturated carbocycles. The van der Waals surface area contributed by atoms with Gasteiger partial charge < -0.3 is 0 Å². The SMILES string of the molecule is Cc1ccc(S(=O)(=O)Nc2cccc3c2C(=O)N(Cc2cccc(C#N)c2)C3=O)cc1. The van der Waals surface area contributed by atoms with E-state index < -0.39 is 21.8 Å². The van der Waals surface area contributed by atoms with Gasteiger partial charge in [0.15, 0.2) is 0 Å². The van der Waals surface area contributed by atoms with E-state index >= 15 is 0 Å². The van der Waals surface area contributed by atoms with Gasteiger partial charge in [-0.05, 0) is 48.9 Å². The van der Waals surface area contributed by atoms with Gasteiger partial charge in [0, 0.05) is 0 Å². The molecule has 1 aliphatic rings. The fourth-order valence-electron chi connectivity index (χ4n) is 3.41. The van der Waals surface area contributed by atoms with Crippen molar-refractivity contribution in [2.45, 2.75) is 18.4 Å². The molecule has 31 heavy (non-hydrogen) atoms. The summed E-state index contributed by atoms with van der Waals surface area (Å²) in [6.07, 6.45) is 0. The first-order valence-corrected chi connectivity index (χ1v) is 10.9. The second-order valence-corrected chi connectivity index (χ2v) is 8.84. The molecular formula is C23H17N3O4S. The van der Waals surface area contributed by atoms with Gasteiger partial charge in [0.05, 0.1) is 39.9 Å². The molecule has 4 rings (SSSR count). The molecule has 8 heteroatoms. The van der Waals surface area contributed by atoms with Gasteiger partial charge in [-0.3, -0.25) is 19.2 Å². The smallest absolute Gasteiger partial charge is 0.264 e. The molecule has 7 nitrogen and oxygen atoms in total. The Bertz CT molecular complexity index is 1360. The van der Waals surface area contributed by atoms with E-state index in [2.05, 4.69) is 4.72 Å². The monoisotopic (exact) mass is 431 g/mol. The molecule has 154 valence electrons. The number of aryl methyl sites for hydroxylation is 1. The van der Waals surface area contributed by atoms with Crippen molar-refractivity contribution in [1.29, 1.82) is 5.26 Å². The van der Waals surface area contributed by atoms with Crippen molar-refractivity contribution in [3.8, 4) is 6.07 Å². The van der Waals surface area contributed by atoms with Crippen LogP contribution < -0.4 is 4.72 Å². The first kappa shape index (κ1) is 20.3. The van der Waals surface area contributed by atoms with Crippen LogP contribution in [0.15, 0.2) is 71.6 Å². The van der Waals surface area contributed by atoms with Crippen LogP contribution in [0.25, 0.3) is 0 Å². The second-order valence-electron chi connectivity index (χ2n) is 7.16. The van der Waals surface area contributed by atoms with E-state index in [0.29, 0.717) is 11.1 Å². The number of hydrogen-bond donors (Lipinski definition) is 1. The van der Waals surface area contributed by atoms with Crippen molar-refractivity contribution in [3.05, 3.63) is 94.5 Å². The Kier molecular flexibility index (Phi) is 5.05. The van der Waals surface area contributed by atoms with Gasteiger partial charge in [-0.2, -0.15) is 5.26 Å². The second kappa shape index (κ2) is 7.70. The van der Waals surface area contributed by atoms with E-state index in [1.807, 2.05) is 13.0 Å². The van der Waals surface area contributed by atoms with Crippen LogP contribution in [0.3, 0.4) is 0 Å². The summed E-state index contributed by atoms with van der Waals surface area (Å²) in [7, 11) is -3.95. The van der Waals surface area contributed by atoms with Crippen LogP contribution in [0, 0.1) is 18.3 Å². The number of sulfonamides is 1. The van der Waals surface area contributed by atoms with Crippen LogP contribution in [-0.2, 0) is 16.6 Å². The van der Waals surface area contributed by atoms with Crippen molar-refractivity contribution in [2.75, 3.05) is 4.72 Å². The molecular weight excluding hydrogens is 414 g/mol. The number of anilines is 1. The number of rotatable bonds is 5. The van der Waals surface area contributed by atoms with Crippen LogP contribution in [-0.4, -0.2) is 25.1 Å². The van der Waals surface area contributed by atoms with E-state index in [0.717, 1.165) is 10.5 Å². The molecule has 3 aromatic rings. The lowest BCUT2D eigenvalue weighted by atomic mass is 10.1. The Morgan fingerprint density at radius 2 is 1.68 bits per heavy atom. The molecule has 0 unspecified atom stereocenters. The third-order valence-corrected chi connectivity index (χ3v) is 6.35. The van der Waals surface area contributed by atoms with Crippen LogP contribution in [0.5, 0.6) is 0 Å². The maximum atomic E-state index is 13.1. The quantitative estimate of drug-likeness (QED) is 0.623. The largest absolute Gasteiger partial charge is 0.279 e. The number of nitrogens with zero attached hydrogens (tertiary/aromatic N) is 2. The van der Waals surface area contributed by atoms with Gasteiger partial charge in [0.2, 0.25) is 0 Å². The number of fused-ring (bicyclic) bond motifs is 1. The molecule has 3 aromatic carbocycles. The third kappa shape index (κ3) is 3.79. The number of imide groups is 1. The molecule has 0 aliphatic carbocycles. The van der Waals surface area contributed by atoms with Crippen LogP contribution in [0.2, 0.25) is 0 Å². The molecule has 0 spiro atoms. The Hall–Kier alpha value is -3.96. The molecule has 1 aliphatic heterocycles. The van der Waals surface area contributed by atoms with Crippen molar-refractivity contribution < 1.29 is 18.0 Å². The van der Waals surface area contributed by atoms with Gasteiger partial charge in [-0.25, -0.2) is 8.42 Å². The fourth-order valence-corrected chi connectivity index (χ4v) is 4.48. The predicted molar refractivity (Wildman–Crippen MR) is 114 cm³/mol. The predicted octanol–water partition coefficient (Wildman–Crippen LogP) is 3.46. The molecule has 2 amide bonds. The molecule has 1 N–H and O–H groups in total. The highest BCUT2D eigenvalue weighted by Crippen LogP contribution is 2.32. The number of nitriles is 1. The van der Waals surface area contributed by atoms with Crippen molar-refractivity contribution in [3.63, 3.8) is 0 Å². The summed E-state index contributed by atoms with van der Waals surface area (Å²) in [5, 5.41) is 9.06. The van der Waals surface area contributed by atoms with Gasteiger partial charge in [0.25, 0.3) is 21.8 Å². The number of hydrogen-bond acceptors (Lipinski definition) is 5. The maximum absolute atomic E-state index is 13.1. The summed E-state index contributed by atoms with van der Waals surface area (Å²) in [4.78, 5) is 27.0. The van der Waals surface area contributed by atoms with Crippen molar-refractivity contribution >= 4 is 27.5 Å². The third-order valence-electron chi connectivity index (χ3n) is 4.97. The average molecular weight is 431 g/mol. The van der Waals surface area contributed by atoms with Crippen molar-refractivity contribution in [1.82, 2.24) is 4.90 Å². The molecule has 0 bridgehead atoms. The lowest BCUT2D eigenvalue weighted by Crippen LogP contribution is -2.29. The first-order chi connectivity index (χ1) is 14.8. The lowest BCUT2D eigenvalue weighted by Gasteiger charge is -2.14. The molecule has 0 fully saturated rings. The van der Waals surface area contributed by atoms with E-state index in [1.54, 1.807) is 36.4 Å². The highest BCUT2D eigenvalue weighted by Gasteiger charge is 2.38. The van der Waals surface area contributed by atoms with Gasteiger partial charge in [-0.15, -0.1) is 0 Å². The Labute approximate surface area is 179 Å². The molecule has 1 heterocycles. The van der Waals surface area contributed by atoms with Crippen molar-refractivity contribution in [2.24, 2.45) is 0 Å². The zero-order chi connectivity index (χ0) is 22.2. The lowest BCUT2D eigenvalue weighted by molar-refractivity contribution is 0.0642. The number of benzene rings is 3. The maximum Gasteiger partial charge on any atom is 0.264 e. The van der Waals surface area contributed by atoms with Gasteiger partial charge in [-0.1, -0.05) is 35.9 Å². The molecule has 0 saturated heterocycles. The summed E-state index contributed by atoms with van der Waals surface area (Å²) in [5.74, 6) is -1.11.